The van der Waals surface area contributed by atoms with Crippen LogP contribution in [-0.4, -0.2) is 64.9 Å². The van der Waals surface area contributed by atoms with Crippen molar-refractivity contribution in [1.82, 2.24) is 19.4 Å². The number of hydrogen-bond acceptors (Lipinski definition) is 6. The van der Waals surface area contributed by atoms with Gasteiger partial charge in [0.05, 0.1) is 18.0 Å². The minimum Gasteiger partial charge on any atom is -0.450 e. The molecule has 1 aromatic heterocycles. The predicted octanol–water partition coefficient (Wildman–Crippen LogP) is 1.80. The number of aromatic nitrogens is 2. The number of rotatable bonds is 5. The quantitative estimate of drug-likeness (QED) is 0.675. The van der Waals surface area contributed by atoms with Crippen molar-refractivity contribution in [1.29, 1.82) is 0 Å². The van der Waals surface area contributed by atoms with Crippen molar-refractivity contribution < 1.29 is 14.3 Å². The first-order valence-electron chi connectivity index (χ1n) is 12.7. The normalized spacial score (nSPS) is 17.2. The van der Waals surface area contributed by atoms with Crippen molar-refractivity contribution >= 4 is 17.7 Å². The highest BCUT2D eigenvalue weighted by Crippen LogP contribution is 2.25. The molecule has 0 aliphatic carbocycles. The predicted molar refractivity (Wildman–Crippen MR) is 137 cm³/mol. The van der Waals surface area contributed by atoms with Crippen LogP contribution in [0.3, 0.4) is 0 Å². The van der Waals surface area contributed by atoms with Gasteiger partial charge in [-0.15, -0.1) is 0 Å². The molecule has 0 unspecified atom stereocenters. The van der Waals surface area contributed by atoms with Gasteiger partial charge in [0.25, 0.3) is 5.56 Å². The van der Waals surface area contributed by atoms with Gasteiger partial charge in [0.15, 0.2) is 0 Å². The van der Waals surface area contributed by atoms with E-state index < -0.39 is 0 Å². The second-order valence-electron chi connectivity index (χ2n) is 9.48. The Hall–Kier alpha value is -3.56. The van der Waals surface area contributed by atoms with Crippen LogP contribution in [0.4, 0.5) is 10.5 Å². The number of para-hydroxylation sites is 1. The molecule has 0 bridgehead atoms. The number of anilines is 1. The molecule has 10 nitrogen and oxygen atoms in total. The van der Waals surface area contributed by atoms with Crippen molar-refractivity contribution in [3.63, 3.8) is 0 Å². The fourth-order valence-corrected chi connectivity index (χ4v) is 5.15. The largest absolute Gasteiger partial charge is 0.450 e. The Morgan fingerprint density at radius 3 is 2.25 bits per heavy atom. The van der Waals surface area contributed by atoms with Gasteiger partial charge in [-0.05, 0) is 51.7 Å². The number of carbonyl (C=O) groups excluding carboxylic acids is 2. The summed E-state index contributed by atoms with van der Waals surface area (Å²) in [7, 11) is 1.50. The van der Waals surface area contributed by atoms with Crippen molar-refractivity contribution in [3.8, 4) is 5.69 Å². The summed E-state index contributed by atoms with van der Waals surface area (Å²) in [5.41, 5.74) is 1.12. The SMILES string of the molecule is CCOC(=O)N1CCC(NC(=O)C2CCN(c3c(C)n(-c4ccccc4)c(=O)n(C)c3=O)CC2)CC1. The summed E-state index contributed by atoms with van der Waals surface area (Å²) in [6.07, 6.45) is 2.37. The molecule has 2 fully saturated rings. The Balaban J connectivity index is 1.40. The van der Waals surface area contributed by atoms with Gasteiger partial charge in [-0.1, -0.05) is 18.2 Å². The number of benzene rings is 1. The number of carbonyl (C=O) groups is 2. The zero-order chi connectivity index (χ0) is 25.8. The summed E-state index contributed by atoms with van der Waals surface area (Å²) < 4.78 is 7.77. The Morgan fingerprint density at radius 2 is 1.64 bits per heavy atom. The van der Waals surface area contributed by atoms with E-state index in [4.69, 9.17) is 4.74 Å². The van der Waals surface area contributed by atoms with Crippen LogP contribution in [0.5, 0.6) is 0 Å². The zero-order valence-corrected chi connectivity index (χ0v) is 21.2. The smallest absolute Gasteiger partial charge is 0.409 e. The van der Waals surface area contributed by atoms with Crippen LogP contribution in [0, 0.1) is 12.8 Å². The summed E-state index contributed by atoms with van der Waals surface area (Å²) in [4.78, 5) is 54.5. The lowest BCUT2D eigenvalue weighted by atomic mass is 9.94. The molecule has 1 N–H and O–H groups in total. The molecule has 10 heteroatoms. The highest BCUT2D eigenvalue weighted by atomic mass is 16.6. The van der Waals surface area contributed by atoms with E-state index in [2.05, 4.69) is 5.32 Å². The van der Waals surface area contributed by atoms with Crippen LogP contribution in [0.15, 0.2) is 39.9 Å². The Morgan fingerprint density at radius 1 is 1.00 bits per heavy atom. The highest BCUT2D eigenvalue weighted by Gasteiger charge is 2.31. The zero-order valence-electron chi connectivity index (χ0n) is 21.2. The minimum atomic E-state index is -0.379. The van der Waals surface area contributed by atoms with Crippen LogP contribution in [0.1, 0.15) is 38.3 Å². The molecule has 194 valence electrons. The maximum Gasteiger partial charge on any atom is 0.409 e. The Kier molecular flexibility index (Phi) is 7.81. The fourth-order valence-electron chi connectivity index (χ4n) is 5.15. The second kappa shape index (κ2) is 11.0. The molecule has 2 aromatic rings. The van der Waals surface area contributed by atoms with E-state index in [1.807, 2.05) is 35.2 Å². The van der Waals surface area contributed by atoms with Crippen LogP contribution in [0.25, 0.3) is 5.69 Å². The number of nitrogens with zero attached hydrogens (tertiary/aromatic N) is 4. The lowest BCUT2D eigenvalue weighted by Gasteiger charge is -2.36. The molecule has 0 atom stereocenters. The first kappa shape index (κ1) is 25.5. The summed E-state index contributed by atoms with van der Waals surface area (Å²) in [5, 5.41) is 3.16. The Bertz CT molecular complexity index is 1210. The van der Waals surface area contributed by atoms with E-state index in [-0.39, 0.29) is 35.2 Å². The average molecular weight is 498 g/mol. The summed E-state index contributed by atoms with van der Waals surface area (Å²) in [5.74, 6) is -0.100. The summed E-state index contributed by atoms with van der Waals surface area (Å²) in [6, 6.07) is 9.33. The first-order valence-corrected chi connectivity index (χ1v) is 12.7. The summed E-state index contributed by atoms with van der Waals surface area (Å²) >= 11 is 0. The molecule has 4 rings (SSSR count). The molecule has 0 spiro atoms. The maximum absolute atomic E-state index is 13.1. The van der Waals surface area contributed by atoms with Crippen molar-refractivity contribution in [2.45, 2.75) is 45.6 Å². The van der Waals surface area contributed by atoms with E-state index in [1.165, 1.54) is 7.05 Å². The molecule has 2 aliphatic heterocycles. The number of hydrogen-bond donors (Lipinski definition) is 1. The first-order chi connectivity index (χ1) is 17.3. The second-order valence-corrected chi connectivity index (χ2v) is 9.48. The number of piperidine rings is 2. The molecule has 0 saturated carbocycles. The number of likely N-dealkylation sites (tertiary alicyclic amines) is 1. The van der Waals surface area contributed by atoms with Crippen LogP contribution in [0.2, 0.25) is 0 Å². The van der Waals surface area contributed by atoms with Gasteiger partial charge in [0.2, 0.25) is 5.91 Å². The third kappa shape index (κ3) is 5.17. The van der Waals surface area contributed by atoms with Crippen LogP contribution < -0.4 is 21.5 Å². The molecule has 2 saturated heterocycles. The molecular formula is C26H35N5O5. The standard InChI is InChI=1S/C26H35N5O5/c1-4-36-26(35)30-16-12-20(13-17-30)27-23(32)19-10-14-29(15-11-19)22-18(2)31(21-8-6-5-7-9-21)25(34)28(3)24(22)33/h5-9,19-20H,4,10-17H2,1-3H3,(H,27,32). The molecule has 2 aliphatic rings. The van der Waals surface area contributed by atoms with Gasteiger partial charge in [-0.3, -0.25) is 18.7 Å². The van der Waals surface area contributed by atoms with Gasteiger partial charge >= 0.3 is 11.8 Å². The van der Waals surface area contributed by atoms with E-state index in [9.17, 15) is 19.2 Å². The van der Waals surface area contributed by atoms with Gasteiger partial charge < -0.3 is 19.9 Å². The van der Waals surface area contributed by atoms with Crippen molar-refractivity contribution in [2.75, 3.05) is 37.7 Å². The summed E-state index contributed by atoms with van der Waals surface area (Å²) in [6.45, 7) is 6.20. The highest BCUT2D eigenvalue weighted by molar-refractivity contribution is 5.79. The lowest BCUT2D eigenvalue weighted by molar-refractivity contribution is -0.126. The molecule has 36 heavy (non-hydrogen) atoms. The van der Waals surface area contributed by atoms with Crippen LogP contribution in [-0.2, 0) is 16.6 Å². The van der Waals surface area contributed by atoms with E-state index in [1.54, 1.807) is 23.3 Å². The number of nitrogens with one attached hydrogen (secondary N) is 1. The average Bonchev–Trinajstić information content (AvgIpc) is 2.89. The molecule has 3 heterocycles. The monoisotopic (exact) mass is 497 g/mol. The number of amides is 2. The van der Waals surface area contributed by atoms with Gasteiger partial charge in [-0.2, -0.15) is 0 Å². The fraction of sp³-hybridized carbons (Fsp3) is 0.538. The topological polar surface area (TPSA) is 106 Å². The van der Waals surface area contributed by atoms with E-state index in [0.717, 1.165) is 4.57 Å². The third-order valence-corrected chi connectivity index (χ3v) is 7.23. The van der Waals surface area contributed by atoms with Crippen molar-refractivity contribution in [3.05, 3.63) is 56.9 Å². The Labute approximate surface area is 210 Å². The van der Waals surface area contributed by atoms with Gasteiger partial charge in [0.1, 0.15) is 5.69 Å². The third-order valence-electron chi connectivity index (χ3n) is 7.23. The molecule has 1 aromatic carbocycles. The van der Waals surface area contributed by atoms with Crippen LogP contribution >= 0.6 is 0 Å². The van der Waals surface area contributed by atoms with E-state index >= 15 is 0 Å². The molecule has 2 amide bonds. The number of ether oxygens (including phenoxy) is 1. The lowest BCUT2D eigenvalue weighted by Crippen LogP contribution is -2.50. The molecular weight excluding hydrogens is 462 g/mol. The van der Waals surface area contributed by atoms with Gasteiger partial charge in [0, 0.05) is 45.2 Å². The minimum absolute atomic E-state index is 0.0307. The van der Waals surface area contributed by atoms with E-state index in [0.29, 0.717) is 75.5 Å². The maximum atomic E-state index is 13.1. The van der Waals surface area contributed by atoms with Gasteiger partial charge in [-0.25, -0.2) is 9.59 Å². The van der Waals surface area contributed by atoms with Crippen molar-refractivity contribution in [2.24, 2.45) is 13.0 Å². The molecule has 0 radical (unpaired) electrons.